The number of halogens is 2. The number of hydrogen-bond acceptors (Lipinski definition) is 5. The zero-order valence-electron chi connectivity index (χ0n) is 14.5. The average molecular weight is 388 g/mol. The third-order valence-electron chi connectivity index (χ3n) is 5.14. The summed E-state index contributed by atoms with van der Waals surface area (Å²) in [6.45, 7) is 2.94. The molecule has 0 spiro atoms. The number of fused-ring (bicyclic) bond motifs is 3. The Kier molecular flexibility index (Phi) is 4.90. The van der Waals surface area contributed by atoms with Crippen LogP contribution in [0, 0.1) is 5.82 Å². The first-order chi connectivity index (χ1) is 12.8. The van der Waals surface area contributed by atoms with Crippen LogP contribution in [0.15, 0.2) is 48.8 Å². The largest absolute Gasteiger partial charge is 0.368 e. The van der Waals surface area contributed by atoms with Gasteiger partial charge in [-0.25, -0.2) is 9.07 Å². The highest BCUT2D eigenvalue weighted by molar-refractivity contribution is 5.85. The van der Waals surface area contributed by atoms with Crippen LogP contribution >= 0.6 is 12.4 Å². The van der Waals surface area contributed by atoms with Crippen molar-refractivity contribution in [2.45, 2.75) is 25.3 Å². The lowest BCUT2D eigenvalue weighted by Gasteiger charge is -2.26. The van der Waals surface area contributed by atoms with Crippen molar-refractivity contribution in [1.82, 2.24) is 24.9 Å². The molecular weight excluding hydrogens is 369 g/mol. The zero-order valence-corrected chi connectivity index (χ0v) is 15.3. The Balaban J connectivity index is 0.00000180. The molecule has 0 saturated carbocycles. The van der Waals surface area contributed by atoms with E-state index in [1.807, 2.05) is 35.3 Å². The Labute approximate surface area is 162 Å². The Morgan fingerprint density at radius 3 is 2.74 bits per heavy atom. The normalized spacial score (nSPS) is 21.4. The van der Waals surface area contributed by atoms with Crippen molar-refractivity contribution in [2.24, 2.45) is 0 Å². The fourth-order valence-electron chi connectivity index (χ4n) is 3.87. The summed E-state index contributed by atoms with van der Waals surface area (Å²) in [5.74, 6) is -0.288. The van der Waals surface area contributed by atoms with Crippen LogP contribution in [0.5, 0.6) is 0 Å². The fourth-order valence-corrected chi connectivity index (χ4v) is 3.87. The van der Waals surface area contributed by atoms with E-state index < -0.39 is 0 Å². The molecule has 4 heterocycles. The predicted molar refractivity (Wildman–Crippen MR) is 99.8 cm³/mol. The Bertz CT molecular complexity index is 935. The van der Waals surface area contributed by atoms with Crippen LogP contribution in [0.3, 0.4) is 0 Å². The first-order valence-electron chi connectivity index (χ1n) is 8.71. The lowest BCUT2D eigenvalue weighted by molar-refractivity contribution is -0.00494. The molecule has 2 atom stereocenters. The van der Waals surface area contributed by atoms with Crippen LogP contribution in [0.2, 0.25) is 0 Å². The third-order valence-corrected chi connectivity index (χ3v) is 5.14. The lowest BCUT2D eigenvalue weighted by Crippen LogP contribution is -2.32. The monoisotopic (exact) mass is 387 g/mol. The molecule has 2 aliphatic rings. The molecule has 1 saturated heterocycles. The molecule has 8 heteroatoms. The van der Waals surface area contributed by atoms with Gasteiger partial charge in [-0.15, -0.1) is 17.5 Å². The second kappa shape index (κ2) is 7.34. The highest BCUT2D eigenvalue weighted by atomic mass is 35.5. The molecule has 0 aliphatic carbocycles. The molecule has 2 aliphatic heterocycles. The smallest absolute Gasteiger partial charge is 0.132 e. The molecule has 2 aromatic heterocycles. The standard InChI is InChI=1S/C19H18FN5O.ClH/c20-15-4-2-1-3-14(15)19-17-12-26-18-11-24(9-13-5-7-21-8-6-13)10-16(18)25(17)23-22-19;/h1-8,16,18H,9-12H2;1H/t16-,18+;/m1./s1. The SMILES string of the molecule is Cl.Fc1ccccc1-c1nnn2c1CO[C@H]1CN(Cc3ccncc3)C[C@H]12. The summed E-state index contributed by atoms with van der Waals surface area (Å²) in [4.78, 5) is 6.42. The quantitative estimate of drug-likeness (QED) is 0.691. The average Bonchev–Trinajstić information content (AvgIpc) is 3.26. The molecule has 6 nitrogen and oxygen atoms in total. The van der Waals surface area contributed by atoms with Gasteiger partial charge in [0, 0.05) is 37.6 Å². The molecule has 0 bridgehead atoms. The van der Waals surface area contributed by atoms with Gasteiger partial charge in [0.15, 0.2) is 0 Å². The summed E-state index contributed by atoms with van der Waals surface area (Å²) in [5, 5.41) is 8.61. The van der Waals surface area contributed by atoms with Crippen molar-refractivity contribution in [3.63, 3.8) is 0 Å². The topological polar surface area (TPSA) is 56.1 Å². The van der Waals surface area contributed by atoms with Crippen molar-refractivity contribution in [1.29, 1.82) is 0 Å². The predicted octanol–water partition coefficient (Wildman–Crippen LogP) is 2.86. The van der Waals surface area contributed by atoms with Crippen LogP contribution in [0.25, 0.3) is 11.3 Å². The number of pyridine rings is 1. The summed E-state index contributed by atoms with van der Waals surface area (Å²) in [7, 11) is 0. The van der Waals surface area contributed by atoms with E-state index in [0.717, 1.165) is 25.3 Å². The maximum absolute atomic E-state index is 14.2. The number of hydrogen-bond donors (Lipinski definition) is 0. The fraction of sp³-hybridized carbons (Fsp3) is 0.316. The lowest BCUT2D eigenvalue weighted by atomic mass is 10.1. The molecule has 140 valence electrons. The van der Waals surface area contributed by atoms with Crippen molar-refractivity contribution >= 4 is 12.4 Å². The molecule has 1 aromatic carbocycles. The van der Waals surface area contributed by atoms with E-state index in [9.17, 15) is 4.39 Å². The summed E-state index contributed by atoms with van der Waals surface area (Å²) in [6, 6.07) is 10.8. The van der Waals surface area contributed by atoms with E-state index in [-0.39, 0.29) is 30.4 Å². The number of aromatic nitrogens is 4. The molecule has 1 fully saturated rings. The van der Waals surface area contributed by atoms with Crippen molar-refractivity contribution in [3.05, 3.63) is 65.9 Å². The van der Waals surface area contributed by atoms with E-state index in [0.29, 0.717) is 17.9 Å². The van der Waals surface area contributed by atoms with E-state index in [1.54, 1.807) is 12.1 Å². The molecule has 0 unspecified atom stereocenters. The van der Waals surface area contributed by atoms with Gasteiger partial charge in [-0.05, 0) is 29.8 Å². The van der Waals surface area contributed by atoms with Crippen LogP contribution in [0.1, 0.15) is 17.3 Å². The first-order valence-corrected chi connectivity index (χ1v) is 8.71. The van der Waals surface area contributed by atoms with E-state index >= 15 is 0 Å². The maximum Gasteiger partial charge on any atom is 0.132 e. The maximum atomic E-state index is 14.2. The molecule has 0 radical (unpaired) electrons. The molecule has 0 amide bonds. The van der Waals surface area contributed by atoms with Gasteiger partial charge in [-0.2, -0.15) is 0 Å². The number of ether oxygens (including phenoxy) is 1. The Hall–Kier alpha value is -2.35. The minimum absolute atomic E-state index is 0. The minimum atomic E-state index is -0.288. The molecule has 27 heavy (non-hydrogen) atoms. The van der Waals surface area contributed by atoms with Crippen LogP contribution in [0.4, 0.5) is 4.39 Å². The molecule has 0 N–H and O–H groups in total. The number of rotatable bonds is 3. The van der Waals surface area contributed by atoms with E-state index in [1.165, 1.54) is 11.6 Å². The molecule has 5 rings (SSSR count). The summed E-state index contributed by atoms with van der Waals surface area (Å²) in [5.41, 5.74) is 3.13. The second-order valence-electron chi connectivity index (χ2n) is 6.78. The van der Waals surface area contributed by atoms with E-state index in [4.69, 9.17) is 4.74 Å². The van der Waals surface area contributed by atoms with Crippen molar-refractivity contribution in [2.75, 3.05) is 13.1 Å². The number of benzene rings is 1. The van der Waals surface area contributed by atoms with Gasteiger partial charge in [-0.1, -0.05) is 17.3 Å². The Morgan fingerprint density at radius 1 is 1.11 bits per heavy atom. The van der Waals surface area contributed by atoms with Crippen LogP contribution < -0.4 is 0 Å². The van der Waals surface area contributed by atoms with Gasteiger partial charge in [0.05, 0.1) is 24.4 Å². The third kappa shape index (κ3) is 3.22. The molecular formula is C19H19ClFN5O. The van der Waals surface area contributed by atoms with Crippen molar-refractivity contribution < 1.29 is 9.13 Å². The van der Waals surface area contributed by atoms with Gasteiger partial charge < -0.3 is 4.74 Å². The van der Waals surface area contributed by atoms with Crippen LogP contribution in [-0.4, -0.2) is 44.1 Å². The van der Waals surface area contributed by atoms with Gasteiger partial charge in [0.2, 0.25) is 0 Å². The van der Waals surface area contributed by atoms with Gasteiger partial charge >= 0.3 is 0 Å². The number of nitrogens with zero attached hydrogens (tertiary/aromatic N) is 5. The van der Waals surface area contributed by atoms with Gasteiger partial charge in [0.1, 0.15) is 11.5 Å². The minimum Gasteiger partial charge on any atom is -0.368 e. The number of likely N-dealkylation sites (tertiary alicyclic amines) is 1. The highest BCUT2D eigenvalue weighted by Gasteiger charge is 2.40. The van der Waals surface area contributed by atoms with Crippen LogP contribution in [-0.2, 0) is 17.9 Å². The Morgan fingerprint density at radius 2 is 1.93 bits per heavy atom. The second-order valence-corrected chi connectivity index (χ2v) is 6.78. The summed E-state index contributed by atoms with van der Waals surface area (Å²) in [6.07, 6.45) is 3.70. The molecule has 3 aromatic rings. The van der Waals surface area contributed by atoms with E-state index in [2.05, 4.69) is 20.2 Å². The van der Waals surface area contributed by atoms with Gasteiger partial charge in [-0.3, -0.25) is 9.88 Å². The summed E-state index contributed by atoms with van der Waals surface area (Å²) >= 11 is 0. The highest BCUT2D eigenvalue weighted by Crippen LogP contribution is 2.35. The van der Waals surface area contributed by atoms with Crippen molar-refractivity contribution in [3.8, 4) is 11.3 Å². The summed E-state index contributed by atoms with van der Waals surface area (Å²) < 4.78 is 22.2. The van der Waals surface area contributed by atoms with Gasteiger partial charge in [0.25, 0.3) is 0 Å². The first kappa shape index (κ1) is 18.0. The zero-order chi connectivity index (χ0) is 17.5.